The third kappa shape index (κ3) is 4.18. The molecule has 2 unspecified atom stereocenters. The molecule has 1 saturated heterocycles. The van der Waals surface area contributed by atoms with Crippen molar-refractivity contribution in [2.75, 3.05) is 18.1 Å². The molecule has 6 heteroatoms. The van der Waals surface area contributed by atoms with Gasteiger partial charge < -0.3 is 9.47 Å². The van der Waals surface area contributed by atoms with Crippen molar-refractivity contribution >= 4 is 32.6 Å². The van der Waals surface area contributed by atoms with Crippen LogP contribution >= 0.6 is 11.3 Å². The van der Waals surface area contributed by atoms with Gasteiger partial charge in [-0.3, -0.25) is 9.69 Å². The summed E-state index contributed by atoms with van der Waals surface area (Å²) in [5.41, 5.74) is 2.06. The van der Waals surface area contributed by atoms with Crippen LogP contribution in [0.3, 0.4) is 0 Å². The summed E-state index contributed by atoms with van der Waals surface area (Å²) in [7, 11) is 0. The summed E-state index contributed by atoms with van der Waals surface area (Å²) < 4.78 is 12.8. The van der Waals surface area contributed by atoms with Gasteiger partial charge >= 0.3 is 0 Å². The lowest BCUT2D eigenvalue weighted by Gasteiger charge is -2.26. The van der Waals surface area contributed by atoms with E-state index in [9.17, 15) is 4.79 Å². The molecule has 3 aromatic rings. The first-order valence-corrected chi connectivity index (χ1v) is 10.4. The van der Waals surface area contributed by atoms with Crippen molar-refractivity contribution in [3.63, 3.8) is 0 Å². The second-order valence-electron chi connectivity index (χ2n) is 7.12. The van der Waals surface area contributed by atoms with Crippen molar-refractivity contribution in [2.24, 2.45) is 0 Å². The van der Waals surface area contributed by atoms with Crippen molar-refractivity contribution in [1.29, 1.82) is 0 Å². The van der Waals surface area contributed by atoms with Crippen molar-refractivity contribution in [3.8, 4) is 5.75 Å². The van der Waals surface area contributed by atoms with Crippen LogP contribution < -0.4 is 9.64 Å². The molecule has 2 aromatic carbocycles. The Labute approximate surface area is 168 Å². The zero-order valence-corrected chi connectivity index (χ0v) is 16.9. The third-order valence-electron chi connectivity index (χ3n) is 4.87. The van der Waals surface area contributed by atoms with Gasteiger partial charge in [0.1, 0.15) is 5.75 Å². The maximum absolute atomic E-state index is 13.3. The number of rotatable bonds is 6. The highest BCUT2D eigenvalue weighted by Crippen LogP contribution is 2.30. The number of carbonyl (C=O) groups is 1. The number of para-hydroxylation sites is 1. The van der Waals surface area contributed by atoms with E-state index in [2.05, 4.69) is 4.98 Å². The average Bonchev–Trinajstić information content (AvgIpc) is 3.36. The number of anilines is 1. The summed E-state index contributed by atoms with van der Waals surface area (Å²) in [5, 5.41) is 0.695. The minimum absolute atomic E-state index is 0.0440. The van der Waals surface area contributed by atoms with Crippen LogP contribution in [-0.4, -0.2) is 36.3 Å². The van der Waals surface area contributed by atoms with Gasteiger partial charge in [0.05, 0.1) is 22.9 Å². The van der Waals surface area contributed by atoms with Crippen LogP contribution in [-0.2, 0) is 9.53 Å². The predicted molar refractivity (Wildman–Crippen MR) is 112 cm³/mol. The number of ether oxygens (including phenoxy) is 2. The fraction of sp³-hybridized carbons (Fsp3) is 0.364. The molecule has 5 nitrogen and oxygen atoms in total. The summed E-state index contributed by atoms with van der Waals surface area (Å²) >= 11 is 1.53. The Kier molecular flexibility index (Phi) is 5.59. The van der Waals surface area contributed by atoms with E-state index in [4.69, 9.17) is 9.47 Å². The molecule has 146 valence electrons. The molecule has 0 radical (unpaired) electrons. The van der Waals surface area contributed by atoms with Gasteiger partial charge in [0.2, 0.25) is 0 Å². The van der Waals surface area contributed by atoms with Crippen molar-refractivity contribution < 1.29 is 14.3 Å². The minimum atomic E-state index is -0.615. The molecule has 1 amide bonds. The maximum Gasteiger partial charge on any atom is 0.269 e. The number of thiazole rings is 1. The smallest absolute Gasteiger partial charge is 0.269 e. The lowest BCUT2D eigenvalue weighted by atomic mass is 10.2. The normalized spacial score (nSPS) is 17.6. The largest absolute Gasteiger partial charge is 0.481 e. The summed E-state index contributed by atoms with van der Waals surface area (Å²) in [4.78, 5) is 19.7. The predicted octanol–water partition coefficient (Wildman–Crippen LogP) is 4.58. The number of hydrogen-bond acceptors (Lipinski definition) is 5. The number of amides is 1. The van der Waals surface area contributed by atoms with Gasteiger partial charge in [-0.1, -0.05) is 41.2 Å². The molecule has 0 N–H and O–H groups in total. The van der Waals surface area contributed by atoms with E-state index >= 15 is 0 Å². The van der Waals surface area contributed by atoms with Crippen LogP contribution in [0.4, 0.5) is 5.13 Å². The summed E-state index contributed by atoms with van der Waals surface area (Å²) in [6, 6.07) is 15.7. The zero-order chi connectivity index (χ0) is 19.5. The SMILES string of the molecule is Cc1ccc(OC(C)C(=O)N(CC2CCCO2)c2nc3ccccc3s2)cc1. The molecule has 4 rings (SSSR count). The second kappa shape index (κ2) is 8.29. The molecule has 0 spiro atoms. The van der Waals surface area contributed by atoms with Crippen molar-refractivity contribution in [2.45, 2.75) is 38.9 Å². The lowest BCUT2D eigenvalue weighted by molar-refractivity contribution is -0.125. The van der Waals surface area contributed by atoms with E-state index in [1.807, 2.05) is 55.5 Å². The Morgan fingerprint density at radius 3 is 2.79 bits per heavy atom. The van der Waals surface area contributed by atoms with Gasteiger partial charge in [-0.25, -0.2) is 4.98 Å². The molecular formula is C22H24N2O3S. The number of fused-ring (bicyclic) bond motifs is 1. The Bertz CT molecular complexity index is 915. The molecule has 0 bridgehead atoms. The van der Waals surface area contributed by atoms with Crippen LogP contribution in [0.2, 0.25) is 0 Å². The first kappa shape index (κ1) is 18.9. The highest BCUT2D eigenvalue weighted by atomic mass is 32.1. The van der Waals surface area contributed by atoms with E-state index in [-0.39, 0.29) is 12.0 Å². The molecular weight excluding hydrogens is 372 g/mol. The fourth-order valence-corrected chi connectivity index (χ4v) is 4.30. The Morgan fingerprint density at radius 1 is 1.29 bits per heavy atom. The van der Waals surface area contributed by atoms with E-state index in [0.29, 0.717) is 17.4 Å². The first-order chi connectivity index (χ1) is 13.6. The van der Waals surface area contributed by atoms with Gasteiger partial charge in [-0.05, 0) is 51.0 Å². The molecule has 1 aromatic heterocycles. The maximum atomic E-state index is 13.3. The number of carbonyl (C=O) groups excluding carboxylic acids is 1. The van der Waals surface area contributed by atoms with Gasteiger partial charge in [0.25, 0.3) is 5.91 Å². The number of aromatic nitrogens is 1. The molecule has 0 aliphatic carbocycles. The van der Waals surface area contributed by atoms with Gasteiger partial charge in [0.15, 0.2) is 11.2 Å². The number of aryl methyl sites for hydroxylation is 1. The molecule has 2 atom stereocenters. The summed E-state index contributed by atoms with van der Waals surface area (Å²) in [6.45, 7) is 5.06. The van der Waals surface area contributed by atoms with Gasteiger partial charge in [-0.15, -0.1) is 0 Å². The highest BCUT2D eigenvalue weighted by Gasteiger charge is 2.30. The van der Waals surface area contributed by atoms with E-state index in [1.54, 1.807) is 11.8 Å². The molecule has 1 aliphatic heterocycles. The monoisotopic (exact) mass is 396 g/mol. The van der Waals surface area contributed by atoms with E-state index in [0.717, 1.165) is 35.2 Å². The number of hydrogen-bond donors (Lipinski definition) is 0. The number of nitrogens with zero attached hydrogens (tertiary/aromatic N) is 2. The first-order valence-electron chi connectivity index (χ1n) is 9.62. The lowest BCUT2D eigenvalue weighted by Crippen LogP contribution is -2.44. The Morgan fingerprint density at radius 2 is 2.07 bits per heavy atom. The van der Waals surface area contributed by atoms with Crippen LogP contribution in [0.1, 0.15) is 25.3 Å². The summed E-state index contributed by atoms with van der Waals surface area (Å²) in [6.07, 6.45) is 1.42. The minimum Gasteiger partial charge on any atom is -0.481 e. The topological polar surface area (TPSA) is 51.7 Å². The Hall–Kier alpha value is -2.44. The van der Waals surface area contributed by atoms with Crippen molar-refractivity contribution in [1.82, 2.24) is 4.98 Å². The van der Waals surface area contributed by atoms with Crippen LogP contribution in [0, 0.1) is 6.92 Å². The molecule has 1 aliphatic rings. The second-order valence-corrected chi connectivity index (χ2v) is 8.13. The van der Waals surface area contributed by atoms with E-state index < -0.39 is 6.10 Å². The van der Waals surface area contributed by atoms with Crippen LogP contribution in [0.25, 0.3) is 10.2 Å². The van der Waals surface area contributed by atoms with Gasteiger partial charge in [0, 0.05) is 6.61 Å². The molecule has 0 saturated carbocycles. The highest BCUT2D eigenvalue weighted by molar-refractivity contribution is 7.22. The van der Waals surface area contributed by atoms with E-state index in [1.165, 1.54) is 11.3 Å². The van der Waals surface area contributed by atoms with Crippen molar-refractivity contribution in [3.05, 3.63) is 54.1 Å². The molecule has 28 heavy (non-hydrogen) atoms. The average molecular weight is 397 g/mol. The standard InChI is InChI=1S/C22H24N2O3S/c1-15-9-11-17(12-10-15)27-16(2)21(25)24(14-18-6-5-13-26-18)22-23-19-7-3-4-8-20(19)28-22/h3-4,7-12,16,18H,5-6,13-14H2,1-2H3. The molecule has 2 heterocycles. The van der Waals surface area contributed by atoms with Crippen LogP contribution in [0.5, 0.6) is 5.75 Å². The Balaban J connectivity index is 1.57. The zero-order valence-electron chi connectivity index (χ0n) is 16.1. The molecule has 1 fully saturated rings. The quantitative estimate of drug-likeness (QED) is 0.612. The fourth-order valence-electron chi connectivity index (χ4n) is 3.32. The van der Waals surface area contributed by atoms with Gasteiger partial charge in [-0.2, -0.15) is 0 Å². The third-order valence-corrected chi connectivity index (χ3v) is 5.93. The number of benzene rings is 2. The summed E-state index contributed by atoms with van der Waals surface area (Å²) in [5.74, 6) is 0.586. The van der Waals surface area contributed by atoms with Crippen LogP contribution in [0.15, 0.2) is 48.5 Å².